The first-order valence-corrected chi connectivity index (χ1v) is 14.4. The molecule has 0 spiro atoms. The maximum atomic E-state index is 4.68. The molecule has 6 aromatic carbocycles. The van der Waals surface area contributed by atoms with E-state index < -0.39 is 0 Å². The lowest BCUT2D eigenvalue weighted by Gasteiger charge is -2.24. The van der Waals surface area contributed by atoms with E-state index in [0.717, 1.165) is 11.3 Å². The third-order valence-corrected chi connectivity index (χ3v) is 8.30. The second-order valence-electron chi connectivity index (χ2n) is 12.1. The molecule has 198 valence electrons. The highest BCUT2D eigenvalue weighted by Gasteiger charge is 2.21. The Morgan fingerprint density at radius 2 is 1.05 bits per heavy atom. The lowest BCUT2D eigenvalue weighted by atomic mass is 9.80. The van der Waals surface area contributed by atoms with E-state index in [9.17, 15) is 0 Å². The molecule has 41 heavy (non-hydrogen) atoms. The Balaban J connectivity index is 1.56. The van der Waals surface area contributed by atoms with Crippen molar-refractivity contribution in [3.8, 4) is 33.5 Å². The van der Waals surface area contributed by atoms with Gasteiger partial charge in [0.25, 0.3) is 0 Å². The van der Waals surface area contributed by atoms with E-state index in [2.05, 4.69) is 148 Å². The minimum absolute atomic E-state index is 0.0588. The third-order valence-electron chi connectivity index (χ3n) is 8.30. The maximum Gasteiger partial charge on any atom is 0.0704 e. The van der Waals surface area contributed by atoms with Gasteiger partial charge in [0.2, 0.25) is 0 Å². The van der Waals surface area contributed by atoms with Crippen molar-refractivity contribution in [1.82, 2.24) is 4.98 Å². The van der Waals surface area contributed by atoms with Gasteiger partial charge < -0.3 is 0 Å². The molecule has 0 aliphatic heterocycles. The van der Waals surface area contributed by atoms with Crippen LogP contribution in [-0.2, 0) is 5.41 Å². The first kappa shape index (κ1) is 25.2. The number of benzene rings is 6. The molecule has 7 rings (SSSR count). The molecule has 0 N–H and O–H groups in total. The van der Waals surface area contributed by atoms with Crippen molar-refractivity contribution in [2.24, 2.45) is 0 Å². The summed E-state index contributed by atoms with van der Waals surface area (Å²) < 4.78 is 0. The topological polar surface area (TPSA) is 12.9 Å². The summed E-state index contributed by atoms with van der Waals surface area (Å²) in [5, 5.41) is 7.70. The van der Waals surface area contributed by atoms with Crippen LogP contribution in [-0.4, -0.2) is 4.98 Å². The van der Waals surface area contributed by atoms with Crippen molar-refractivity contribution in [2.45, 2.75) is 33.1 Å². The molecule has 1 aromatic heterocycles. The lowest BCUT2D eigenvalue weighted by molar-refractivity contribution is 0.596. The minimum atomic E-state index is 0.0588. The van der Waals surface area contributed by atoms with Gasteiger partial charge in [0.15, 0.2) is 0 Å². The van der Waals surface area contributed by atoms with Gasteiger partial charge in [-0.2, -0.15) is 0 Å². The van der Waals surface area contributed by atoms with Crippen LogP contribution >= 0.6 is 0 Å². The highest BCUT2D eigenvalue weighted by Crippen LogP contribution is 2.46. The van der Waals surface area contributed by atoms with Crippen LogP contribution in [0.25, 0.3) is 65.8 Å². The summed E-state index contributed by atoms with van der Waals surface area (Å²) >= 11 is 0. The largest absolute Gasteiger partial charge is 0.256 e. The zero-order valence-corrected chi connectivity index (χ0v) is 24.1. The van der Waals surface area contributed by atoms with Crippen LogP contribution in [0.5, 0.6) is 0 Å². The number of nitrogens with zero attached hydrogens (tertiary/aromatic N) is 1. The molecule has 0 bridgehead atoms. The summed E-state index contributed by atoms with van der Waals surface area (Å²) in [4.78, 5) is 4.68. The van der Waals surface area contributed by atoms with E-state index >= 15 is 0 Å². The molecule has 1 heteroatoms. The zero-order chi connectivity index (χ0) is 28.1. The van der Waals surface area contributed by atoms with Crippen molar-refractivity contribution in [3.63, 3.8) is 0 Å². The van der Waals surface area contributed by atoms with Crippen molar-refractivity contribution < 1.29 is 0 Å². The van der Waals surface area contributed by atoms with Gasteiger partial charge in [0.1, 0.15) is 0 Å². The van der Waals surface area contributed by atoms with Gasteiger partial charge >= 0.3 is 0 Å². The normalized spacial score (nSPS) is 11.9. The Labute approximate surface area is 242 Å². The monoisotopic (exact) mass is 527 g/mol. The van der Waals surface area contributed by atoms with Crippen molar-refractivity contribution >= 4 is 32.3 Å². The molecular weight excluding hydrogens is 494 g/mol. The van der Waals surface area contributed by atoms with Gasteiger partial charge in [-0.3, -0.25) is 4.98 Å². The van der Waals surface area contributed by atoms with Crippen LogP contribution < -0.4 is 0 Å². The Bertz CT molecular complexity index is 2030. The average molecular weight is 528 g/mol. The molecule has 0 amide bonds. The SMILES string of the molecule is Cc1ccnc(-c2cccc(-c3c4ccccc4c(-c4ccc(C(C)(C)C)c5ccccc45)c4ccccc34)c2)c1. The smallest absolute Gasteiger partial charge is 0.0704 e. The fourth-order valence-electron chi connectivity index (χ4n) is 6.43. The molecule has 0 fully saturated rings. The summed E-state index contributed by atoms with van der Waals surface area (Å²) in [6.45, 7) is 9.02. The predicted molar refractivity (Wildman–Crippen MR) is 176 cm³/mol. The van der Waals surface area contributed by atoms with Gasteiger partial charge in [0, 0.05) is 11.8 Å². The van der Waals surface area contributed by atoms with E-state index in [0.29, 0.717) is 0 Å². The number of hydrogen-bond donors (Lipinski definition) is 0. The van der Waals surface area contributed by atoms with E-state index in [1.54, 1.807) is 0 Å². The number of fused-ring (bicyclic) bond motifs is 3. The molecule has 1 nitrogen and oxygen atoms in total. The van der Waals surface area contributed by atoms with Gasteiger partial charge in [-0.25, -0.2) is 0 Å². The first-order chi connectivity index (χ1) is 19.9. The first-order valence-electron chi connectivity index (χ1n) is 14.4. The summed E-state index contributed by atoms with van der Waals surface area (Å²) in [6, 6.07) is 44.5. The molecule has 0 radical (unpaired) electrons. The molecule has 0 aliphatic rings. The molecule has 0 saturated carbocycles. The minimum Gasteiger partial charge on any atom is -0.256 e. The number of pyridine rings is 1. The molecule has 0 unspecified atom stereocenters. The summed E-state index contributed by atoms with van der Waals surface area (Å²) in [7, 11) is 0. The molecule has 0 atom stereocenters. The Hall–Kier alpha value is -4.75. The average Bonchev–Trinajstić information content (AvgIpc) is 2.99. The van der Waals surface area contributed by atoms with Gasteiger partial charge in [-0.05, 0) is 96.2 Å². The Morgan fingerprint density at radius 3 is 1.66 bits per heavy atom. The van der Waals surface area contributed by atoms with E-state index in [4.69, 9.17) is 0 Å². The number of hydrogen-bond acceptors (Lipinski definition) is 1. The van der Waals surface area contributed by atoms with Crippen LogP contribution in [0.1, 0.15) is 31.9 Å². The van der Waals surface area contributed by atoms with Crippen LogP contribution in [0.3, 0.4) is 0 Å². The number of aromatic nitrogens is 1. The Morgan fingerprint density at radius 1 is 0.488 bits per heavy atom. The summed E-state index contributed by atoms with van der Waals surface area (Å²) in [6.07, 6.45) is 1.90. The van der Waals surface area contributed by atoms with Gasteiger partial charge in [-0.15, -0.1) is 0 Å². The predicted octanol–water partition coefficient (Wildman–Crippen LogP) is 11.1. The molecule has 1 heterocycles. The second-order valence-corrected chi connectivity index (χ2v) is 12.1. The number of aryl methyl sites for hydroxylation is 1. The standard InChI is InChI=1S/C40H33N/c1-26-22-23-41-37(24-26)27-12-11-13-28(25-27)38-31-16-7-9-18-33(31)39(34-19-10-8-17-32(34)38)35-20-21-36(40(2,3)4)30-15-6-5-14-29(30)35/h5-25H,1-4H3. The highest BCUT2D eigenvalue weighted by molar-refractivity contribution is 6.23. The van der Waals surface area contributed by atoms with Gasteiger partial charge in [-0.1, -0.05) is 124 Å². The van der Waals surface area contributed by atoms with Crippen LogP contribution in [0.4, 0.5) is 0 Å². The van der Waals surface area contributed by atoms with Crippen LogP contribution in [0, 0.1) is 6.92 Å². The zero-order valence-electron chi connectivity index (χ0n) is 24.1. The third kappa shape index (κ3) is 4.30. The molecule has 0 aliphatic carbocycles. The quantitative estimate of drug-likeness (QED) is 0.208. The van der Waals surface area contributed by atoms with E-state index in [1.165, 1.54) is 65.7 Å². The van der Waals surface area contributed by atoms with Crippen LogP contribution in [0.15, 0.2) is 128 Å². The van der Waals surface area contributed by atoms with Crippen molar-refractivity contribution in [2.75, 3.05) is 0 Å². The fourth-order valence-corrected chi connectivity index (χ4v) is 6.43. The Kier molecular flexibility index (Phi) is 5.98. The molecule has 0 saturated heterocycles. The van der Waals surface area contributed by atoms with Crippen LogP contribution in [0.2, 0.25) is 0 Å². The van der Waals surface area contributed by atoms with E-state index in [1.807, 2.05) is 12.3 Å². The number of rotatable bonds is 3. The summed E-state index contributed by atoms with van der Waals surface area (Å²) in [5.41, 5.74) is 9.84. The van der Waals surface area contributed by atoms with Crippen molar-refractivity contribution in [1.29, 1.82) is 0 Å². The second kappa shape index (κ2) is 9.71. The van der Waals surface area contributed by atoms with Crippen molar-refractivity contribution in [3.05, 3.63) is 139 Å². The maximum absolute atomic E-state index is 4.68. The lowest BCUT2D eigenvalue weighted by Crippen LogP contribution is -2.11. The fraction of sp³-hybridized carbons (Fsp3) is 0.125. The van der Waals surface area contributed by atoms with E-state index in [-0.39, 0.29) is 5.41 Å². The molecular formula is C40H33N. The summed E-state index contributed by atoms with van der Waals surface area (Å²) in [5.74, 6) is 0. The molecule has 7 aromatic rings. The highest BCUT2D eigenvalue weighted by atomic mass is 14.7. The van der Waals surface area contributed by atoms with Gasteiger partial charge in [0.05, 0.1) is 5.69 Å².